The van der Waals surface area contributed by atoms with Gasteiger partial charge in [0.1, 0.15) is 4.90 Å². The van der Waals surface area contributed by atoms with Crippen molar-refractivity contribution in [1.82, 2.24) is 14.5 Å². The number of sulfonamides is 1. The minimum absolute atomic E-state index is 0.0639. The van der Waals surface area contributed by atoms with E-state index in [4.69, 9.17) is 5.73 Å². The fraction of sp³-hybridized carbons (Fsp3) is 0.769. The molecule has 1 aliphatic carbocycles. The Hall–Kier alpha value is -0.920. The van der Waals surface area contributed by atoms with Gasteiger partial charge in [-0.1, -0.05) is 6.92 Å². The van der Waals surface area contributed by atoms with Crippen molar-refractivity contribution in [3.05, 3.63) is 11.9 Å². The van der Waals surface area contributed by atoms with E-state index in [0.717, 1.165) is 32.1 Å². The molecule has 1 fully saturated rings. The van der Waals surface area contributed by atoms with Gasteiger partial charge in [-0.3, -0.25) is 5.10 Å². The van der Waals surface area contributed by atoms with Gasteiger partial charge < -0.3 is 5.73 Å². The van der Waals surface area contributed by atoms with Crippen LogP contribution in [0.15, 0.2) is 11.1 Å². The molecule has 3 N–H and O–H groups in total. The number of aryl methyl sites for hydroxylation is 1. The first-order chi connectivity index (χ1) is 9.46. The van der Waals surface area contributed by atoms with Crippen LogP contribution in [0.2, 0.25) is 0 Å². The van der Waals surface area contributed by atoms with Crippen molar-refractivity contribution < 1.29 is 8.42 Å². The first-order valence-electron chi connectivity index (χ1n) is 7.24. The first-order valence-corrected chi connectivity index (χ1v) is 8.68. The second-order valence-electron chi connectivity index (χ2n) is 5.54. The fourth-order valence-corrected chi connectivity index (χ4v) is 4.73. The van der Waals surface area contributed by atoms with Crippen molar-refractivity contribution in [2.75, 3.05) is 6.54 Å². The highest BCUT2D eigenvalue weighted by atomic mass is 32.2. The Bertz CT molecular complexity index is 532. The van der Waals surface area contributed by atoms with Gasteiger partial charge >= 0.3 is 0 Å². The van der Waals surface area contributed by atoms with Crippen LogP contribution in [0.5, 0.6) is 0 Å². The maximum atomic E-state index is 12.8. The number of hydrogen-bond acceptors (Lipinski definition) is 4. The molecule has 0 aliphatic heterocycles. The number of nitrogens with one attached hydrogen (secondary N) is 1. The van der Waals surface area contributed by atoms with E-state index in [9.17, 15) is 8.42 Å². The number of hydrogen-bond donors (Lipinski definition) is 2. The predicted molar refractivity (Wildman–Crippen MR) is 77.7 cm³/mol. The van der Waals surface area contributed by atoms with E-state index in [1.54, 1.807) is 11.2 Å². The average molecular weight is 300 g/mol. The van der Waals surface area contributed by atoms with Crippen LogP contribution in [-0.4, -0.2) is 41.5 Å². The molecular weight excluding hydrogens is 276 g/mol. The smallest absolute Gasteiger partial charge is 0.246 e. The molecule has 1 saturated carbocycles. The Labute approximate surface area is 120 Å². The van der Waals surface area contributed by atoms with Gasteiger partial charge in [0.05, 0.1) is 11.9 Å². The number of nitrogens with two attached hydrogens (primary N) is 1. The number of nitrogens with zero attached hydrogens (tertiary/aromatic N) is 2. The van der Waals surface area contributed by atoms with Crippen LogP contribution in [0.3, 0.4) is 0 Å². The van der Waals surface area contributed by atoms with E-state index in [1.807, 2.05) is 6.92 Å². The van der Waals surface area contributed by atoms with Crippen molar-refractivity contribution in [2.45, 2.75) is 62.9 Å². The zero-order valence-electron chi connectivity index (χ0n) is 12.2. The summed E-state index contributed by atoms with van der Waals surface area (Å²) >= 11 is 0. The summed E-state index contributed by atoms with van der Waals surface area (Å²) in [5.41, 5.74) is 6.51. The number of aromatic nitrogens is 2. The standard InChI is InChI=1S/C13H24N4O2S/c1-3-8-17(12-6-4-11(14)5-7-12)20(18,19)13-9-15-16-10(13)2/h9,11-12H,3-8,14H2,1-2H3,(H,15,16). The zero-order chi connectivity index (χ0) is 14.8. The molecule has 114 valence electrons. The summed E-state index contributed by atoms with van der Waals surface area (Å²) in [7, 11) is -3.47. The predicted octanol–water partition coefficient (Wildman–Crippen LogP) is 1.39. The van der Waals surface area contributed by atoms with Gasteiger partial charge in [0.25, 0.3) is 0 Å². The lowest BCUT2D eigenvalue weighted by molar-refractivity contribution is 0.240. The summed E-state index contributed by atoms with van der Waals surface area (Å²) in [6.45, 7) is 4.28. The van der Waals surface area contributed by atoms with Crippen LogP contribution >= 0.6 is 0 Å². The Morgan fingerprint density at radius 1 is 1.40 bits per heavy atom. The van der Waals surface area contributed by atoms with Gasteiger partial charge in [-0.15, -0.1) is 0 Å². The van der Waals surface area contributed by atoms with Gasteiger partial charge in [0.2, 0.25) is 10.0 Å². The monoisotopic (exact) mass is 300 g/mol. The van der Waals surface area contributed by atoms with E-state index in [2.05, 4.69) is 10.2 Å². The third-order valence-electron chi connectivity index (χ3n) is 3.96. The summed E-state index contributed by atoms with van der Waals surface area (Å²) in [5.74, 6) is 0. The van der Waals surface area contributed by atoms with E-state index in [0.29, 0.717) is 17.1 Å². The topological polar surface area (TPSA) is 92.1 Å². The number of H-pyrrole nitrogens is 1. The van der Waals surface area contributed by atoms with Gasteiger partial charge in [-0.2, -0.15) is 9.40 Å². The SMILES string of the molecule is CCCN(C1CCC(N)CC1)S(=O)(=O)c1cn[nH]c1C. The Morgan fingerprint density at radius 2 is 2.05 bits per heavy atom. The largest absolute Gasteiger partial charge is 0.328 e. The molecule has 1 aliphatic rings. The fourth-order valence-electron chi connectivity index (χ4n) is 2.84. The van der Waals surface area contributed by atoms with E-state index >= 15 is 0 Å². The molecule has 6 nitrogen and oxygen atoms in total. The van der Waals surface area contributed by atoms with Crippen LogP contribution in [0, 0.1) is 6.92 Å². The van der Waals surface area contributed by atoms with Gasteiger partial charge in [-0.25, -0.2) is 8.42 Å². The Kier molecular flexibility index (Phi) is 4.82. The van der Waals surface area contributed by atoms with Crippen molar-refractivity contribution in [3.63, 3.8) is 0 Å². The molecule has 0 aromatic carbocycles. The maximum Gasteiger partial charge on any atom is 0.246 e. The van der Waals surface area contributed by atoms with Crippen molar-refractivity contribution in [3.8, 4) is 0 Å². The minimum Gasteiger partial charge on any atom is -0.328 e. The van der Waals surface area contributed by atoms with E-state index < -0.39 is 10.0 Å². The second kappa shape index (κ2) is 6.24. The number of rotatable bonds is 5. The van der Waals surface area contributed by atoms with Gasteiger partial charge in [-0.05, 0) is 39.0 Å². The lowest BCUT2D eigenvalue weighted by Crippen LogP contribution is -2.44. The molecule has 0 saturated heterocycles. The number of aromatic amines is 1. The van der Waals surface area contributed by atoms with Crippen LogP contribution in [0.25, 0.3) is 0 Å². The summed E-state index contributed by atoms with van der Waals surface area (Å²) in [5, 5.41) is 6.54. The highest BCUT2D eigenvalue weighted by Crippen LogP contribution is 2.28. The van der Waals surface area contributed by atoms with Crippen molar-refractivity contribution in [1.29, 1.82) is 0 Å². The summed E-state index contributed by atoms with van der Waals surface area (Å²) in [6.07, 6.45) is 5.69. The van der Waals surface area contributed by atoms with Crippen molar-refractivity contribution in [2.24, 2.45) is 5.73 Å². The Balaban J connectivity index is 2.26. The highest BCUT2D eigenvalue weighted by Gasteiger charge is 2.34. The van der Waals surface area contributed by atoms with Gasteiger partial charge in [0, 0.05) is 18.6 Å². The molecule has 0 spiro atoms. The lowest BCUT2D eigenvalue weighted by atomic mass is 9.92. The molecule has 2 rings (SSSR count). The quantitative estimate of drug-likeness (QED) is 0.859. The molecule has 1 aromatic heterocycles. The molecule has 1 heterocycles. The van der Waals surface area contributed by atoms with E-state index in [-0.39, 0.29) is 12.1 Å². The molecule has 7 heteroatoms. The third kappa shape index (κ3) is 3.05. The normalized spacial score (nSPS) is 24.2. The van der Waals surface area contributed by atoms with Crippen LogP contribution in [-0.2, 0) is 10.0 Å². The molecule has 0 unspecified atom stereocenters. The molecule has 20 heavy (non-hydrogen) atoms. The minimum atomic E-state index is -3.47. The van der Waals surface area contributed by atoms with Crippen LogP contribution in [0.1, 0.15) is 44.7 Å². The maximum absolute atomic E-state index is 12.8. The van der Waals surface area contributed by atoms with Crippen LogP contribution in [0.4, 0.5) is 0 Å². The van der Waals surface area contributed by atoms with Crippen molar-refractivity contribution >= 4 is 10.0 Å². The Morgan fingerprint density at radius 3 is 2.55 bits per heavy atom. The molecule has 1 aromatic rings. The summed E-state index contributed by atoms with van der Waals surface area (Å²) in [6, 6.07) is 0.280. The van der Waals surface area contributed by atoms with E-state index in [1.165, 1.54) is 6.20 Å². The highest BCUT2D eigenvalue weighted by molar-refractivity contribution is 7.89. The lowest BCUT2D eigenvalue weighted by Gasteiger charge is -2.34. The second-order valence-corrected chi connectivity index (χ2v) is 7.40. The zero-order valence-corrected chi connectivity index (χ0v) is 13.0. The van der Waals surface area contributed by atoms with Gasteiger partial charge in [0.15, 0.2) is 0 Å². The molecule has 0 bridgehead atoms. The summed E-state index contributed by atoms with van der Waals surface area (Å²) < 4.78 is 27.3. The molecular formula is C13H24N4O2S. The van der Waals surface area contributed by atoms with Crippen LogP contribution < -0.4 is 5.73 Å². The molecule has 0 radical (unpaired) electrons. The summed E-state index contributed by atoms with van der Waals surface area (Å²) in [4.78, 5) is 0.292. The molecule has 0 atom stereocenters. The average Bonchev–Trinajstić information content (AvgIpc) is 2.84. The third-order valence-corrected chi connectivity index (χ3v) is 6.03. The molecule has 0 amide bonds. The first kappa shape index (κ1) is 15.5.